The number of aromatic nitrogens is 4. The first-order valence-corrected chi connectivity index (χ1v) is 11.3. The average Bonchev–Trinajstić information content (AvgIpc) is 3.32. The molecule has 1 saturated heterocycles. The summed E-state index contributed by atoms with van der Waals surface area (Å²) in [5.41, 5.74) is 2.19. The molecule has 0 spiro atoms. The molecule has 1 unspecified atom stereocenters. The number of tetrazole rings is 1. The monoisotopic (exact) mass is 454 g/mol. The van der Waals surface area contributed by atoms with Crippen molar-refractivity contribution < 1.29 is 13.9 Å². The van der Waals surface area contributed by atoms with E-state index in [4.69, 9.17) is 9.47 Å². The van der Waals surface area contributed by atoms with E-state index in [-0.39, 0.29) is 11.9 Å². The summed E-state index contributed by atoms with van der Waals surface area (Å²) in [5.74, 6) is 2.13. The lowest BCUT2D eigenvalue weighted by Crippen LogP contribution is -2.48. The van der Waals surface area contributed by atoms with Crippen molar-refractivity contribution in [2.45, 2.75) is 32.4 Å². The molecule has 8 nitrogen and oxygen atoms in total. The van der Waals surface area contributed by atoms with E-state index in [0.29, 0.717) is 6.54 Å². The second-order valence-corrected chi connectivity index (χ2v) is 8.12. The summed E-state index contributed by atoms with van der Waals surface area (Å²) >= 11 is 0. The van der Waals surface area contributed by atoms with E-state index in [1.54, 1.807) is 14.2 Å². The zero-order valence-electron chi connectivity index (χ0n) is 19.4. The molecule has 33 heavy (non-hydrogen) atoms. The predicted octanol–water partition coefficient (Wildman–Crippen LogP) is 3.35. The highest BCUT2D eigenvalue weighted by Gasteiger charge is 2.28. The second-order valence-electron chi connectivity index (χ2n) is 8.12. The number of aryl methyl sites for hydroxylation is 2. The van der Waals surface area contributed by atoms with E-state index in [1.807, 2.05) is 35.0 Å². The highest BCUT2D eigenvalue weighted by molar-refractivity contribution is 5.46. The van der Waals surface area contributed by atoms with Crippen LogP contribution in [-0.4, -0.2) is 65.5 Å². The van der Waals surface area contributed by atoms with Crippen LogP contribution in [0.15, 0.2) is 42.5 Å². The van der Waals surface area contributed by atoms with E-state index >= 15 is 0 Å². The molecule has 0 bridgehead atoms. The zero-order valence-corrected chi connectivity index (χ0v) is 19.4. The van der Waals surface area contributed by atoms with Crippen molar-refractivity contribution in [3.8, 4) is 11.5 Å². The summed E-state index contributed by atoms with van der Waals surface area (Å²) in [7, 11) is 3.28. The molecule has 0 radical (unpaired) electrons. The van der Waals surface area contributed by atoms with Crippen LogP contribution in [0, 0.1) is 5.82 Å². The van der Waals surface area contributed by atoms with E-state index in [2.05, 4.69) is 32.2 Å². The van der Waals surface area contributed by atoms with Gasteiger partial charge in [0.1, 0.15) is 5.82 Å². The van der Waals surface area contributed by atoms with Gasteiger partial charge in [0.25, 0.3) is 0 Å². The quantitative estimate of drug-likeness (QED) is 0.491. The van der Waals surface area contributed by atoms with Crippen molar-refractivity contribution in [2.24, 2.45) is 0 Å². The van der Waals surface area contributed by atoms with Gasteiger partial charge in [0, 0.05) is 38.4 Å². The first-order chi connectivity index (χ1) is 16.1. The van der Waals surface area contributed by atoms with Crippen molar-refractivity contribution in [2.75, 3.05) is 45.3 Å². The van der Waals surface area contributed by atoms with Gasteiger partial charge in [-0.25, -0.2) is 9.07 Å². The van der Waals surface area contributed by atoms with E-state index in [0.717, 1.165) is 67.6 Å². The molecule has 1 fully saturated rings. The molecule has 1 aliphatic heterocycles. The summed E-state index contributed by atoms with van der Waals surface area (Å²) in [6, 6.07) is 12.8. The van der Waals surface area contributed by atoms with Gasteiger partial charge < -0.3 is 14.4 Å². The number of ether oxygens (including phenoxy) is 2. The van der Waals surface area contributed by atoms with Crippen molar-refractivity contribution in [1.29, 1.82) is 0 Å². The molecule has 0 N–H and O–H groups in total. The number of anilines is 1. The van der Waals surface area contributed by atoms with Crippen LogP contribution < -0.4 is 14.4 Å². The van der Waals surface area contributed by atoms with Crippen LogP contribution in [0.4, 0.5) is 10.1 Å². The Morgan fingerprint density at radius 1 is 0.970 bits per heavy atom. The SMILES string of the molecule is CCC(c1nnnn1CCc1ccc(OC)c(OC)c1)N1CCN(c2ccc(F)cc2)CC1. The number of halogens is 1. The Morgan fingerprint density at radius 2 is 1.70 bits per heavy atom. The number of piperazine rings is 1. The maximum absolute atomic E-state index is 13.2. The minimum Gasteiger partial charge on any atom is -0.493 e. The maximum atomic E-state index is 13.2. The van der Waals surface area contributed by atoms with Crippen LogP contribution >= 0.6 is 0 Å². The number of hydrogen-bond donors (Lipinski definition) is 0. The van der Waals surface area contributed by atoms with Crippen LogP contribution in [0.25, 0.3) is 0 Å². The van der Waals surface area contributed by atoms with Crippen LogP contribution in [-0.2, 0) is 13.0 Å². The van der Waals surface area contributed by atoms with Crippen molar-refractivity contribution in [3.05, 3.63) is 59.7 Å². The van der Waals surface area contributed by atoms with Gasteiger partial charge in [-0.3, -0.25) is 4.90 Å². The Morgan fingerprint density at radius 3 is 2.36 bits per heavy atom. The van der Waals surface area contributed by atoms with Crippen molar-refractivity contribution >= 4 is 5.69 Å². The van der Waals surface area contributed by atoms with Gasteiger partial charge in [-0.1, -0.05) is 13.0 Å². The topological polar surface area (TPSA) is 68.5 Å². The maximum Gasteiger partial charge on any atom is 0.168 e. The predicted molar refractivity (Wildman–Crippen MR) is 124 cm³/mol. The lowest BCUT2D eigenvalue weighted by Gasteiger charge is -2.39. The minimum absolute atomic E-state index is 0.153. The molecule has 1 atom stereocenters. The third kappa shape index (κ3) is 5.24. The first-order valence-electron chi connectivity index (χ1n) is 11.3. The molecule has 3 aromatic rings. The summed E-state index contributed by atoms with van der Waals surface area (Å²) in [5, 5.41) is 12.6. The molecular formula is C24H31FN6O2. The Labute approximate surface area is 193 Å². The van der Waals surface area contributed by atoms with Gasteiger partial charge in [0.05, 0.1) is 20.3 Å². The van der Waals surface area contributed by atoms with Crippen LogP contribution in [0.3, 0.4) is 0 Å². The number of nitrogens with zero attached hydrogens (tertiary/aromatic N) is 6. The molecule has 0 aliphatic carbocycles. The Kier molecular flexibility index (Phi) is 7.39. The summed E-state index contributed by atoms with van der Waals surface area (Å²) in [6.07, 6.45) is 1.71. The summed E-state index contributed by atoms with van der Waals surface area (Å²) in [6.45, 7) is 6.43. The Balaban J connectivity index is 1.40. The molecule has 176 valence electrons. The van der Waals surface area contributed by atoms with Gasteiger partial charge in [-0.05, 0) is 65.2 Å². The molecule has 1 aromatic heterocycles. The van der Waals surface area contributed by atoms with E-state index in [9.17, 15) is 4.39 Å². The first kappa shape index (κ1) is 23.0. The molecule has 4 rings (SSSR count). The largest absolute Gasteiger partial charge is 0.493 e. The number of rotatable bonds is 9. The van der Waals surface area contributed by atoms with Gasteiger partial charge in [0.2, 0.25) is 0 Å². The minimum atomic E-state index is -0.205. The zero-order chi connectivity index (χ0) is 23.2. The molecule has 2 aromatic carbocycles. The molecular weight excluding hydrogens is 423 g/mol. The molecule has 0 amide bonds. The van der Waals surface area contributed by atoms with Gasteiger partial charge >= 0.3 is 0 Å². The van der Waals surface area contributed by atoms with Crippen molar-refractivity contribution in [3.63, 3.8) is 0 Å². The van der Waals surface area contributed by atoms with Crippen molar-refractivity contribution in [1.82, 2.24) is 25.1 Å². The van der Waals surface area contributed by atoms with E-state index < -0.39 is 0 Å². The molecule has 0 saturated carbocycles. The average molecular weight is 455 g/mol. The Hall–Kier alpha value is -3.20. The highest BCUT2D eigenvalue weighted by Crippen LogP contribution is 2.29. The van der Waals surface area contributed by atoms with Crippen LogP contribution in [0.5, 0.6) is 11.5 Å². The van der Waals surface area contributed by atoms with Gasteiger partial charge in [0.15, 0.2) is 17.3 Å². The lowest BCUT2D eigenvalue weighted by molar-refractivity contribution is 0.169. The summed E-state index contributed by atoms with van der Waals surface area (Å²) < 4.78 is 25.9. The van der Waals surface area contributed by atoms with Gasteiger partial charge in [-0.2, -0.15) is 0 Å². The fourth-order valence-electron chi connectivity index (χ4n) is 4.43. The lowest BCUT2D eigenvalue weighted by atomic mass is 10.1. The van der Waals surface area contributed by atoms with Crippen LogP contribution in [0.1, 0.15) is 30.8 Å². The number of methoxy groups -OCH3 is 2. The third-order valence-corrected chi connectivity index (χ3v) is 6.25. The van der Waals surface area contributed by atoms with E-state index in [1.165, 1.54) is 12.1 Å². The smallest absolute Gasteiger partial charge is 0.168 e. The Bertz CT molecular complexity index is 1030. The fraction of sp³-hybridized carbons (Fsp3) is 0.458. The standard InChI is InChI=1S/C24H31FN6O2/c1-4-21(30-15-13-29(14-16-30)20-8-6-19(25)7-9-20)24-26-27-28-31(24)12-11-18-5-10-22(32-2)23(17-18)33-3/h5-10,17,21H,4,11-16H2,1-3H3. The number of hydrogen-bond acceptors (Lipinski definition) is 7. The highest BCUT2D eigenvalue weighted by atomic mass is 19.1. The molecule has 2 heterocycles. The van der Waals surface area contributed by atoms with Gasteiger partial charge in [-0.15, -0.1) is 5.10 Å². The molecule has 9 heteroatoms. The fourth-order valence-corrected chi connectivity index (χ4v) is 4.43. The molecule has 1 aliphatic rings. The third-order valence-electron chi connectivity index (χ3n) is 6.25. The van der Waals surface area contributed by atoms with Crippen LogP contribution in [0.2, 0.25) is 0 Å². The number of benzene rings is 2. The normalized spacial score (nSPS) is 15.5. The summed E-state index contributed by atoms with van der Waals surface area (Å²) in [4.78, 5) is 4.74. The second kappa shape index (κ2) is 10.6.